The van der Waals surface area contributed by atoms with E-state index in [1.165, 1.54) is 0 Å². The van der Waals surface area contributed by atoms with Gasteiger partial charge >= 0.3 is 0 Å². The summed E-state index contributed by atoms with van der Waals surface area (Å²) in [4.78, 5) is 12.5. The maximum atomic E-state index is 12.5. The molecular formula is C17H26N2O2. The SMILES string of the molecule is COc1ccc(C(C)NC(=O)C2NCCCC2(C)C)cc1. The molecule has 2 unspecified atom stereocenters. The molecule has 2 N–H and O–H groups in total. The van der Waals surface area contributed by atoms with E-state index in [4.69, 9.17) is 4.74 Å². The zero-order chi connectivity index (χ0) is 15.5. The Morgan fingerprint density at radius 2 is 2.05 bits per heavy atom. The van der Waals surface area contributed by atoms with E-state index in [2.05, 4.69) is 24.5 Å². The lowest BCUT2D eigenvalue weighted by Crippen LogP contribution is -2.55. The molecule has 4 heteroatoms. The zero-order valence-corrected chi connectivity index (χ0v) is 13.4. The number of carbonyl (C=O) groups is 1. The fourth-order valence-corrected chi connectivity index (χ4v) is 2.93. The molecule has 2 rings (SSSR count). The Morgan fingerprint density at radius 1 is 1.38 bits per heavy atom. The van der Waals surface area contributed by atoms with Gasteiger partial charge < -0.3 is 15.4 Å². The van der Waals surface area contributed by atoms with Crippen molar-refractivity contribution >= 4 is 5.91 Å². The van der Waals surface area contributed by atoms with E-state index in [-0.39, 0.29) is 23.4 Å². The van der Waals surface area contributed by atoms with Crippen LogP contribution in [0.15, 0.2) is 24.3 Å². The number of nitrogens with one attached hydrogen (secondary N) is 2. The van der Waals surface area contributed by atoms with E-state index < -0.39 is 0 Å². The minimum atomic E-state index is -0.119. The zero-order valence-electron chi connectivity index (χ0n) is 13.4. The summed E-state index contributed by atoms with van der Waals surface area (Å²) in [5.41, 5.74) is 1.08. The largest absolute Gasteiger partial charge is 0.497 e. The fourth-order valence-electron chi connectivity index (χ4n) is 2.93. The molecule has 0 spiro atoms. The van der Waals surface area contributed by atoms with Crippen LogP contribution < -0.4 is 15.4 Å². The highest BCUT2D eigenvalue weighted by molar-refractivity contribution is 5.83. The molecule has 1 aromatic carbocycles. The van der Waals surface area contributed by atoms with E-state index in [0.717, 1.165) is 30.7 Å². The third-order valence-electron chi connectivity index (χ3n) is 4.36. The monoisotopic (exact) mass is 290 g/mol. The van der Waals surface area contributed by atoms with E-state index in [0.29, 0.717) is 0 Å². The summed E-state index contributed by atoms with van der Waals surface area (Å²) in [6, 6.07) is 7.68. The number of carbonyl (C=O) groups excluding carboxylic acids is 1. The van der Waals surface area contributed by atoms with Crippen molar-refractivity contribution in [3.63, 3.8) is 0 Å². The van der Waals surface area contributed by atoms with Gasteiger partial charge in [-0.15, -0.1) is 0 Å². The van der Waals surface area contributed by atoms with E-state index in [9.17, 15) is 4.79 Å². The molecule has 1 aromatic rings. The molecule has 21 heavy (non-hydrogen) atoms. The molecule has 1 amide bonds. The number of ether oxygens (including phenoxy) is 1. The highest BCUT2D eigenvalue weighted by Gasteiger charge is 2.37. The average molecular weight is 290 g/mol. The third-order valence-corrected chi connectivity index (χ3v) is 4.36. The highest BCUT2D eigenvalue weighted by Crippen LogP contribution is 2.30. The summed E-state index contributed by atoms with van der Waals surface area (Å²) < 4.78 is 5.16. The van der Waals surface area contributed by atoms with Crippen LogP contribution in [0.4, 0.5) is 0 Å². The molecule has 4 nitrogen and oxygen atoms in total. The minimum Gasteiger partial charge on any atom is -0.497 e. The lowest BCUT2D eigenvalue weighted by Gasteiger charge is -2.38. The molecule has 0 aromatic heterocycles. The first kappa shape index (κ1) is 15.8. The molecule has 1 aliphatic heterocycles. The normalized spacial score (nSPS) is 22.4. The average Bonchev–Trinajstić information content (AvgIpc) is 2.46. The van der Waals surface area contributed by atoms with Crippen molar-refractivity contribution < 1.29 is 9.53 Å². The van der Waals surface area contributed by atoms with Gasteiger partial charge in [-0.3, -0.25) is 4.79 Å². The van der Waals surface area contributed by atoms with Gasteiger partial charge in [-0.2, -0.15) is 0 Å². The van der Waals surface area contributed by atoms with Crippen molar-refractivity contribution in [2.75, 3.05) is 13.7 Å². The molecule has 0 radical (unpaired) electrons. The van der Waals surface area contributed by atoms with Gasteiger partial charge in [0.05, 0.1) is 19.2 Å². The minimum absolute atomic E-state index is 0.00195. The molecule has 0 saturated carbocycles. The number of piperidine rings is 1. The number of rotatable bonds is 4. The predicted octanol–water partition coefficient (Wildman–Crippen LogP) is 2.65. The summed E-state index contributed by atoms with van der Waals surface area (Å²) in [5, 5.41) is 6.47. The Kier molecular flexibility index (Phi) is 4.88. The van der Waals surface area contributed by atoms with Crippen molar-refractivity contribution in [3.8, 4) is 5.75 Å². The third kappa shape index (κ3) is 3.76. The van der Waals surface area contributed by atoms with Crippen molar-refractivity contribution in [1.82, 2.24) is 10.6 Å². The quantitative estimate of drug-likeness (QED) is 0.896. The van der Waals surface area contributed by atoms with Gasteiger partial charge in [-0.05, 0) is 49.4 Å². The Bertz CT molecular complexity index is 482. The first-order chi connectivity index (χ1) is 9.94. The van der Waals surface area contributed by atoms with Crippen LogP contribution in [0.1, 0.15) is 45.2 Å². The molecule has 1 saturated heterocycles. The van der Waals surface area contributed by atoms with E-state index in [1.807, 2.05) is 31.2 Å². The topological polar surface area (TPSA) is 50.4 Å². The van der Waals surface area contributed by atoms with Crippen LogP contribution in [0.2, 0.25) is 0 Å². The van der Waals surface area contributed by atoms with Gasteiger partial charge in [-0.1, -0.05) is 26.0 Å². The van der Waals surface area contributed by atoms with Crippen LogP contribution in [-0.2, 0) is 4.79 Å². The second kappa shape index (κ2) is 6.48. The molecule has 1 aliphatic rings. The standard InChI is InChI=1S/C17H26N2O2/c1-12(13-6-8-14(21-4)9-7-13)19-16(20)15-17(2,3)10-5-11-18-15/h6-9,12,15,18H,5,10-11H2,1-4H3,(H,19,20). The molecule has 1 fully saturated rings. The summed E-state index contributed by atoms with van der Waals surface area (Å²) in [6.07, 6.45) is 2.21. The summed E-state index contributed by atoms with van der Waals surface area (Å²) >= 11 is 0. The maximum absolute atomic E-state index is 12.5. The van der Waals surface area contributed by atoms with Gasteiger partial charge in [0, 0.05) is 0 Å². The number of hydrogen-bond acceptors (Lipinski definition) is 3. The lowest BCUT2D eigenvalue weighted by molar-refractivity contribution is -0.127. The van der Waals surface area contributed by atoms with E-state index >= 15 is 0 Å². The first-order valence-corrected chi connectivity index (χ1v) is 7.62. The van der Waals surface area contributed by atoms with E-state index in [1.54, 1.807) is 7.11 Å². The summed E-state index contributed by atoms with van der Waals surface area (Å²) in [7, 11) is 1.65. The number of benzene rings is 1. The molecule has 1 heterocycles. The Morgan fingerprint density at radius 3 is 2.62 bits per heavy atom. The predicted molar refractivity (Wildman–Crippen MR) is 84.4 cm³/mol. The second-order valence-corrected chi connectivity index (χ2v) is 6.48. The van der Waals surface area contributed by atoms with Gasteiger partial charge in [0.15, 0.2) is 0 Å². The Labute approximate surface area is 127 Å². The maximum Gasteiger partial charge on any atom is 0.238 e. The van der Waals surface area contributed by atoms with Crippen LogP contribution in [0.25, 0.3) is 0 Å². The Hall–Kier alpha value is -1.55. The van der Waals surface area contributed by atoms with Crippen LogP contribution in [0.5, 0.6) is 5.75 Å². The molecular weight excluding hydrogens is 264 g/mol. The fraction of sp³-hybridized carbons (Fsp3) is 0.588. The van der Waals surface area contributed by atoms with Gasteiger partial charge in [0.1, 0.15) is 5.75 Å². The highest BCUT2D eigenvalue weighted by atomic mass is 16.5. The lowest BCUT2D eigenvalue weighted by atomic mass is 9.77. The second-order valence-electron chi connectivity index (χ2n) is 6.48. The Balaban J connectivity index is 2.00. The summed E-state index contributed by atoms with van der Waals surface area (Å²) in [5.74, 6) is 0.912. The van der Waals surface area contributed by atoms with Crippen LogP contribution in [0, 0.1) is 5.41 Å². The van der Waals surface area contributed by atoms with Crippen LogP contribution in [-0.4, -0.2) is 25.6 Å². The molecule has 116 valence electrons. The van der Waals surface area contributed by atoms with Crippen molar-refractivity contribution in [2.24, 2.45) is 5.41 Å². The summed E-state index contributed by atoms with van der Waals surface area (Å²) in [6.45, 7) is 7.23. The van der Waals surface area contributed by atoms with Crippen molar-refractivity contribution in [1.29, 1.82) is 0 Å². The molecule has 0 aliphatic carbocycles. The van der Waals surface area contributed by atoms with Crippen LogP contribution >= 0.6 is 0 Å². The smallest absolute Gasteiger partial charge is 0.238 e. The van der Waals surface area contributed by atoms with Crippen molar-refractivity contribution in [3.05, 3.63) is 29.8 Å². The number of hydrogen-bond donors (Lipinski definition) is 2. The number of amides is 1. The van der Waals surface area contributed by atoms with Crippen molar-refractivity contribution in [2.45, 2.75) is 45.7 Å². The van der Waals surface area contributed by atoms with Gasteiger partial charge in [0.25, 0.3) is 0 Å². The van der Waals surface area contributed by atoms with Crippen LogP contribution in [0.3, 0.4) is 0 Å². The van der Waals surface area contributed by atoms with Gasteiger partial charge in [-0.25, -0.2) is 0 Å². The van der Waals surface area contributed by atoms with Gasteiger partial charge in [0.2, 0.25) is 5.91 Å². The first-order valence-electron chi connectivity index (χ1n) is 7.62. The molecule has 2 atom stereocenters. The molecule has 0 bridgehead atoms. The number of methoxy groups -OCH3 is 1.